The van der Waals surface area contributed by atoms with E-state index in [9.17, 15) is 13.2 Å². The van der Waals surface area contributed by atoms with E-state index < -0.39 is 18.2 Å². The first kappa shape index (κ1) is 14.1. The van der Waals surface area contributed by atoms with Gasteiger partial charge in [0.25, 0.3) is 0 Å². The van der Waals surface area contributed by atoms with Gasteiger partial charge >= 0.3 is 6.61 Å². The predicted molar refractivity (Wildman–Crippen MR) is 63.5 cm³/mol. The summed E-state index contributed by atoms with van der Waals surface area (Å²) in [6.07, 6.45) is 1.98. The number of benzene rings is 1. The van der Waals surface area contributed by atoms with Crippen LogP contribution < -0.4 is 10.1 Å². The maximum absolute atomic E-state index is 13.4. The van der Waals surface area contributed by atoms with Gasteiger partial charge in [0.2, 0.25) is 0 Å². The summed E-state index contributed by atoms with van der Waals surface area (Å²) in [5.41, 5.74) is 0.630. The molecule has 0 aliphatic heterocycles. The van der Waals surface area contributed by atoms with Crippen molar-refractivity contribution in [2.24, 2.45) is 5.41 Å². The molecule has 19 heavy (non-hydrogen) atoms. The Morgan fingerprint density at radius 3 is 2.63 bits per heavy atom. The van der Waals surface area contributed by atoms with Crippen molar-refractivity contribution in [1.29, 1.82) is 0 Å². The number of halogens is 3. The van der Waals surface area contributed by atoms with E-state index in [4.69, 9.17) is 5.11 Å². The quantitative estimate of drug-likeness (QED) is 0.802. The third-order valence-electron chi connectivity index (χ3n) is 3.33. The molecule has 2 N–H and O–H groups in total. The van der Waals surface area contributed by atoms with Crippen LogP contribution in [0, 0.1) is 11.2 Å². The number of aliphatic hydroxyl groups excluding tert-OH is 1. The topological polar surface area (TPSA) is 41.5 Å². The van der Waals surface area contributed by atoms with Gasteiger partial charge in [-0.15, -0.1) is 0 Å². The lowest BCUT2D eigenvalue weighted by Gasteiger charge is -2.13. The van der Waals surface area contributed by atoms with Crippen LogP contribution in [0.4, 0.5) is 13.2 Å². The predicted octanol–water partition coefficient (Wildman–Crippen LogP) is 2.29. The summed E-state index contributed by atoms with van der Waals surface area (Å²) >= 11 is 0. The first-order valence-corrected chi connectivity index (χ1v) is 6.09. The second kappa shape index (κ2) is 5.79. The van der Waals surface area contributed by atoms with Crippen molar-refractivity contribution in [3.8, 4) is 5.75 Å². The zero-order valence-electron chi connectivity index (χ0n) is 10.3. The van der Waals surface area contributed by atoms with Crippen LogP contribution in [0.2, 0.25) is 0 Å². The molecule has 106 valence electrons. The lowest BCUT2D eigenvalue weighted by molar-refractivity contribution is -0.0522. The minimum Gasteiger partial charge on any atom is -0.432 e. The van der Waals surface area contributed by atoms with Crippen LogP contribution in [0.1, 0.15) is 18.4 Å². The molecule has 1 fully saturated rings. The second-order valence-electron chi connectivity index (χ2n) is 4.90. The normalized spacial score (nSPS) is 16.7. The molecule has 1 saturated carbocycles. The first-order valence-electron chi connectivity index (χ1n) is 6.09. The van der Waals surface area contributed by atoms with Gasteiger partial charge in [0.05, 0.1) is 0 Å². The molecule has 0 spiro atoms. The number of aliphatic hydroxyl groups is 1. The Kier molecular flexibility index (Phi) is 4.31. The highest BCUT2D eigenvalue weighted by atomic mass is 19.3. The van der Waals surface area contributed by atoms with Gasteiger partial charge < -0.3 is 15.2 Å². The van der Waals surface area contributed by atoms with E-state index in [-0.39, 0.29) is 12.0 Å². The SMILES string of the molecule is OCC1(CNCc2ccc(OC(F)F)c(F)c2)CC1. The molecule has 1 aliphatic carbocycles. The third-order valence-corrected chi connectivity index (χ3v) is 3.33. The average molecular weight is 275 g/mol. The maximum Gasteiger partial charge on any atom is 0.387 e. The summed E-state index contributed by atoms with van der Waals surface area (Å²) in [7, 11) is 0. The Hall–Kier alpha value is -1.27. The van der Waals surface area contributed by atoms with Gasteiger partial charge in [-0.2, -0.15) is 8.78 Å². The van der Waals surface area contributed by atoms with Crippen LogP contribution >= 0.6 is 0 Å². The second-order valence-corrected chi connectivity index (χ2v) is 4.90. The van der Waals surface area contributed by atoms with Crippen molar-refractivity contribution in [2.75, 3.05) is 13.2 Å². The molecule has 0 bridgehead atoms. The number of hydrogen-bond donors (Lipinski definition) is 2. The lowest BCUT2D eigenvalue weighted by atomic mass is 10.1. The smallest absolute Gasteiger partial charge is 0.387 e. The molecule has 6 heteroatoms. The molecule has 0 aromatic heterocycles. The molecular weight excluding hydrogens is 259 g/mol. The molecule has 1 aliphatic rings. The van der Waals surface area contributed by atoms with Gasteiger partial charge in [-0.1, -0.05) is 6.07 Å². The molecule has 0 amide bonds. The number of ether oxygens (including phenoxy) is 1. The average Bonchev–Trinajstić information content (AvgIpc) is 3.13. The molecule has 0 radical (unpaired) electrons. The monoisotopic (exact) mass is 275 g/mol. The number of rotatable bonds is 7. The molecule has 3 nitrogen and oxygen atoms in total. The fourth-order valence-corrected chi connectivity index (χ4v) is 1.89. The van der Waals surface area contributed by atoms with E-state index in [1.165, 1.54) is 18.2 Å². The van der Waals surface area contributed by atoms with Crippen molar-refractivity contribution in [3.05, 3.63) is 29.6 Å². The Balaban J connectivity index is 1.85. The van der Waals surface area contributed by atoms with Crippen LogP contribution in [0.15, 0.2) is 18.2 Å². The fraction of sp³-hybridized carbons (Fsp3) is 0.538. The van der Waals surface area contributed by atoms with Gasteiger partial charge in [0.15, 0.2) is 11.6 Å². The molecule has 0 unspecified atom stereocenters. The third kappa shape index (κ3) is 3.84. The van der Waals surface area contributed by atoms with Gasteiger partial charge in [0.1, 0.15) is 0 Å². The lowest BCUT2D eigenvalue weighted by Crippen LogP contribution is -2.26. The van der Waals surface area contributed by atoms with Crippen LogP contribution in [-0.2, 0) is 6.54 Å². The minimum atomic E-state index is -3.03. The van der Waals surface area contributed by atoms with Crippen LogP contribution in [0.5, 0.6) is 5.75 Å². The maximum atomic E-state index is 13.4. The van der Waals surface area contributed by atoms with Crippen molar-refractivity contribution in [2.45, 2.75) is 26.0 Å². The molecular formula is C13H16F3NO2. The van der Waals surface area contributed by atoms with Crippen molar-refractivity contribution in [3.63, 3.8) is 0 Å². The number of nitrogens with one attached hydrogen (secondary N) is 1. The molecule has 1 aromatic rings. The summed E-state index contributed by atoms with van der Waals surface area (Å²) in [5, 5.41) is 12.3. The van der Waals surface area contributed by atoms with Crippen molar-refractivity contribution < 1.29 is 23.0 Å². The van der Waals surface area contributed by atoms with Crippen LogP contribution in [0.25, 0.3) is 0 Å². The summed E-state index contributed by atoms with van der Waals surface area (Å²) in [6, 6.07) is 3.90. The van der Waals surface area contributed by atoms with Crippen molar-refractivity contribution in [1.82, 2.24) is 5.32 Å². The Morgan fingerprint density at radius 1 is 1.37 bits per heavy atom. The zero-order valence-corrected chi connectivity index (χ0v) is 10.3. The molecule has 0 heterocycles. The van der Waals surface area contributed by atoms with E-state index in [0.717, 1.165) is 12.8 Å². The number of hydrogen-bond acceptors (Lipinski definition) is 3. The van der Waals surface area contributed by atoms with Crippen molar-refractivity contribution >= 4 is 0 Å². The van der Waals surface area contributed by atoms with E-state index >= 15 is 0 Å². The highest BCUT2D eigenvalue weighted by molar-refractivity contribution is 5.29. The molecule has 0 saturated heterocycles. The van der Waals surface area contributed by atoms with E-state index in [1.54, 1.807) is 0 Å². The van der Waals surface area contributed by atoms with Gasteiger partial charge in [0, 0.05) is 25.1 Å². The summed E-state index contributed by atoms with van der Waals surface area (Å²) in [5.74, 6) is -1.25. The van der Waals surface area contributed by atoms with E-state index in [2.05, 4.69) is 10.1 Å². The Bertz CT molecular complexity index is 436. The van der Waals surface area contributed by atoms with E-state index in [0.29, 0.717) is 18.7 Å². The molecule has 2 rings (SSSR count). The van der Waals surface area contributed by atoms with Gasteiger partial charge in [-0.3, -0.25) is 0 Å². The van der Waals surface area contributed by atoms with Gasteiger partial charge in [-0.05, 0) is 30.5 Å². The molecule has 1 aromatic carbocycles. The zero-order chi connectivity index (χ0) is 13.9. The standard InChI is InChI=1S/C13H16F3NO2/c14-10-5-9(1-2-11(10)19-12(15)16)6-17-7-13(8-18)3-4-13/h1-2,5,12,17-18H,3-4,6-8H2. The van der Waals surface area contributed by atoms with Crippen LogP contribution in [0.3, 0.4) is 0 Å². The largest absolute Gasteiger partial charge is 0.432 e. The van der Waals surface area contributed by atoms with E-state index in [1.807, 2.05) is 0 Å². The Morgan fingerprint density at radius 2 is 2.11 bits per heavy atom. The van der Waals surface area contributed by atoms with Gasteiger partial charge in [-0.25, -0.2) is 4.39 Å². The minimum absolute atomic E-state index is 0.0166. The summed E-state index contributed by atoms with van der Waals surface area (Å²) in [6.45, 7) is -1.79. The Labute approximate surface area is 109 Å². The summed E-state index contributed by atoms with van der Waals surface area (Å²) in [4.78, 5) is 0. The highest BCUT2D eigenvalue weighted by Crippen LogP contribution is 2.44. The number of alkyl halides is 2. The highest BCUT2D eigenvalue weighted by Gasteiger charge is 2.41. The first-order chi connectivity index (χ1) is 9.04. The van der Waals surface area contributed by atoms with Crippen LogP contribution in [-0.4, -0.2) is 24.9 Å². The molecule has 0 atom stereocenters. The summed E-state index contributed by atoms with van der Waals surface area (Å²) < 4.78 is 41.4. The fourth-order valence-electron chi connectivity index (χ4n) is 1.89.